The Hall–Kier alpha value is -0.530. The van der Waals surface area contributed by atoms with Crippen LogP contribution in [0.15, 0.2) is 18.2 Å². The fraction of sp³-hybridized carbons (Fsp3) is 0.500. The average Bonchev–Trinajstić information content (AvgIpc) is 2.01. The molecule has 2 heteroatoms. The van der Waals surface area contributed by atoms with Crippen molar-refractivity contribution in [2.24, 2.45) is 5.73 Å². The molecular formula is C12H18ClN. The summed E-state index contributed by atoms with van der Waals surface area (Å²) in [5.41, 5.74) is 8.22. The van der Waals surface area contributed by atoms with E-state index >= 15 is 0 Å². The van der Waals surface area contributed by atoms with Gasteiger partial charge in [-0.05, 0) is 43.0 Å². The number of halogens is 1. The van der Waals surface area contributed by atoms with Crippen LogP contribution < -0.4 is 5.73 Å². The van der Waals surface area contributed by atoms with Gasteiger partial charge in [0.15, 0.2) is 0 Å². The number of nitrogens with two attached hydrogens (primary N) is 1. The summed E-state index contributed by atoms with van der Waals surface area (Å²) in [6.45, 7) is 8.34. The average molecular weight is 212 g/mol. The van der Waals surface area contributed by atoms with Gasteiger partial charge in [-0.15, -0.1) is 0 Å². The summed E-state index contributed by atoms with van der Waals surface area (Å²) >= 11 is 5.97. The predicted octanol–water partition coefficient (Wildman–Crippen LogP) is 3.66. The van der Waals surface area contributed by atoms with Gasteiger partial charge in [0, 0.05) is 10.6 Å². The van der Waals surface area contributed by atoms with Crippen molar-refractivity contribution in [2.45, 2.75) is 39.2 Å². The Bertz CT molecular complexity index is 324. The molecule has 0 aliphatic carbocycles. The molecular weight excluding hydrogens is 194 g/mol. The zero-order chi connectivity index (χ0) is 10.9. The number of rotatable bonds is 2. The molecule has 0 aliphatic heterocycles. The Morgan fingerprint density at radius 2 is 1.86 bits per heavy atom. The van der Waals surface area contributed by atoms with E-state index in [9.17, 15) is 0 Å². The van der Waals surface area contributed by atoms with Crippen LogP contribution in [0.5, 0.6) is 0 Å². The van der Waals surface area contributed by atoms with Crippen LogP contribution in [0.2, 0.25) is 5.02 Å². The third-order valence-electron chi connectivity index (χ3n) is 2.33. The van der Waals surface area contributed by atoms with E-state index in [2.05, 4.69) is 13.8 Å². The third kappa shape index (κ3) is 2.49. The highest BCUT2D eigenvalue weighted by Gasteiger charge is 2.19. The van der Waals surface area contributed by atoms with Crippen LogP contribution >= 0.6 is 11.6 Å². The topological polar surface area (TPSA) is 26.0 Å². The van der Waals surface area contributed by atoms with Crippen LogP contribution in [0.1, 0.15) is 44.7 Å². The van der Waals surface area contributed by atoms with E-state index in [4.69, 9.17) is 17.3 Å². The first kappa shape index (κ1) is 11.5. The molecule has 0 heterocycles. The Balaban J connectivity index is 3.29. The van der Waals surface area contributed by atoms with Crippen LogP contribution in [0.3, 0.4) is 0 Å². The lowest BCUT2D eigenvalue weighted by Crippen LogP contribution is -2.30. The van der Waals surface area contributed by atoms with Crippen molar-refractivity contribution in [3.05, 3.63) is 34.3 Å². The molecule has 0 saturated heterocycles. The number of hydrogen-bond acceptors (Lipinski definition) is 1. The molecule has 0 aliphatic rings. The van der Waals surface area contributed by atoms with Crippen LogP contribution in [-0.2, 0) is 5.54 Å². The van der Waals surface area contributed by atoms with E-state index in [0.29, 0.717) is 5.92 Å². The lowest BCUT2D eigenvalue weighted by atomic mass is 9.86. The second-order valence-electron chi connectivity index (χ2n) is 4.61. The first-order chi connectivity index (χ1) is 6.32. The molecule has 1 rings (SSSR count). The molecule has 14 heavy (non-hydrogen) atoms. The number of benzene rings is 1. The molecule has 78 valence electrons. The van der Waals surface area contributed by atoms with E-state index in [1.807, 2.05) is 32.0 Å². The van der Waals surface area contributed by atoms with Crippen molar-refractivity contribution < 1.29 is 0 Å². The third-order valence-corrected chi connectivity index (χ3v) is 2.56. The van der Waals surface area contributed by atoms with Gasteiger partial charge in [0.2, 0.25) is 0 Å². The molecule has 0 radical (unpaired) electrons. The van der Waals surface area contributed by atoms with E-state index in [0.717, 1.165) is 5.02 Å². The van der Waals surface area contributed by atoms with Crippen molar-refractivity contribution in [3.63, 3.8) is 0 Å². The molecule has 1 aromatic rings. The SMILES string of the molecule is CC(C)c1cc(Cl)ccc1C(C)(C)N. The second-order valence-corrected chi connectivity index (χ2v) is 5.04. The first-order valence-corrected chi connectivity index (χ1v) is 5.29. The monoisotopic (exact) mass is 211 g/mol. The molecule has 1 aromatic carbocycles. The minimum atomic E-state index is -0.301. The minimum Gasteiger partial charge on any atom is -0.322 e. The van der Waals surface area contributed by atoms with Gasteiger partial charge >= 0.3 is 0 Å². The van der Waals surface area contributed by atoms with Crippen LogP contribution in [-0.4, -0.2) is 0 Å². The van der Waals surface area contributed by atoms with E-state index in [1.54, 1.807) is 0 Å². The molecule has 0 fully saturated rings. The summed E-state index contributed by atoms with van der Waals surface area (Å²) in [6, 6.07) is 5.94. The van der Waals surface area contributed by atoms with Gasteiger partial charge in [-0.2, -0.15) is 0 Å². The molecule has 0 unspecified atom stereocenters. The smallest absolute Gasteiger partial charge is 0.0409 e. The first-order valence-electron chi connectivity index (χ1n) is 4.91. The van der Waals surface area contributed by atoms with Crippen LogP contribution in [0, 0.1) is 0 Å². The largest absolute Gasteiger partial charge is 0.322 e. The quantitative estimate of drug-likeness (QED) is 0.794. The van der Waals surface area contributed by atoms with Crippen molar-refractivity contribution >= 4 is 11.6 Å². The molecule has 0 bridgehead atoms. The minimum absolute atomic E-state index is 0.301. The molecule has 0 aromatic heterocycles. The standard InChI is InChI=1S/C12H18ClN/c1-8(2)10-7-9(13)5-6-11(10)12(3,4)14/h5-8H,14H2,1-4H3. The molecule has 1 nitrogen and oxygen atoms in total. The summed E-state index contributed by atoms with van der Waals surface area (Å²) in [5, 5.41) is 0.779. The van der Waals surface area contributed by atoms with E-state index in [-0.39, 0.29) is 5.54 Å². The lowest BCUT2D eigenvalue weighted by molar-refractivity contribution is 0.543. The van der Waals surface area contributed by atoms with Gasteiger partial charge in [-0.1, -0.05) is 31.5 Å². The molecule has 0 amide bonds. The predicted molar refractivity (Wildman–Crippen MR) is 62.8 cm³/mol. The van der Waals surface area contributed by atoms with Crippen LogP contribution in [0.4, 0.5) is 0 Å². The summed E-state index contributed by atoms with van der Waals surface area (Å²) in [4.78, 5) is 0. The molecule has 0 atom stereocenters. The zero-order valence-corrected chi connectivity index (χ0v) is 10.0. The van der Waals surface area contributed by atoms with Gasteiger partial charge < -0.3 is 5.73 Å². The normalized spacial score (nSPS) is 12.2. The molecule has 0 saturated carbocycles. The Kier molecular flexibility index (Phi) is 3.23. The van der Waals surface area contributed by atoms with Crippen molar-refractivity contribution in [1.82, 2.24) is 0 Å². The molecule has 2 N–H and O–H groups in total. The zero-order valence-electron chi connectivity index (χ0n) is 9.26. The highest BCUT2D eigenvalue weighted by atomic mass is 35.5. The fourth-order valence-corrected chi connectivity index (χ4v) is 1.78. The van der Waals surface area contributed by atoms with E-state index < -0.39 is 0 Å². The summed E-state index contributed by atoms with van der Waals surface area (Å²) in [5.74, 6) is 0.450. The van der Waals surface area contributed by atoms with Gasteiger partial charge in [0.25, 0.3) is 0 Å². The second kappa shape index (κ2) is 3.92. The maximum absolute atomic E-state index is 6.10. The van der Waals surface area contributed by atoms with Crippen molar-refractivity contribution in [3.8, 4) is 0 Å². The maximum Gasteiger partial charge on any atom is 0.0409 e. The maximum atomic E-state index is 6.10. The highest BCUT2D eigenvalue weighted by Crippen LogP contribution is 2.29. The van der Waals surface area contributed by atoms with Crippen molar-refractivity contribution in [1.29, 1.82) is 0 Å². The van der Waals surface area contributed by atoms with Crippen molar-refractivity contribution in [2.75, 3.05) is 0 Å². The van der Waals surface area contributed by atoms with E-state index in [1.165, 1.54) is 11.1 Å². The Labute approximate surface area is 91.3 Å². The Morgan fingerprint density at radius 3 is 2.29 bits per heavy atom. The summed E-state index contributed by atoms with van der Waals surface area (Å²) in [7, 11) is 0. The fourth-order valence-electron chi connectivity index (χ4n) is 1.60. The van der Waals surface area contributed by atoms with Gasteiger partial charge in [-0.3, -0.25) is 0 Å². The number of hydrogen-bond donors (Lipinski definition) is 1. The molecule has 0 spiro atoms. The summed E-state index contributed by atoms with van der Waals surface area (Å²) in [6.07, 6.45) is 0. The van der Waals surface area contributed by atoms with Gasteiger partial charge in [-0.25, -0.2) is 0 Å². The lowest BCUT2D eigenvalue weighted by Gasteiger charge is -2.24. The van der Waals surface area contributed by atoms with Gasteiger partial charge in [0.05, 0.1) is 0 Å². The Morgan fingerprint density at radius 1 is 1.29 bits per heavy atom. The summed E-state index contributed by atoms with van der Waals surface area (Å²) < 4.78 is 0. The highest BCUT2D eigenvalue weighted by molar-refractivity contribution is 6.30. The van der Waals surface area contributed by atoms with Crippen LogP contribution in [0.25, 0.3) is 0 Å². The van der Waals surface area contributed by atoms with Gasteiger partial charge in [0.1, 0.15) is 0 Å².